The maximum absolute atomic E-state index is 14.0. The summed E-state index contributed by atoms with van der Waals surface area (Å²) in [5.74, 6) is -2.10. The number of hydrogen-bond donors (Lipinski definition) is 2. The summed E-state index contributed by atoms with van der Waals surface area (Å²) in [5, 5.41) is 3.83. The Kier molecular flexibility index (Phi) is 3.88. The van der Waals surface area contributed by atoms with E-state index in [1.54, 1.807) is 6.92 Å². The summed E-state index contributed by atoms with van der Waals surface area (Å²) < 4.78 is 19.9. The second-order valence-corrected chi connectivity index (χ2v) is 4.12. The number of amides is 1. The predicted molar refractivity (Wildman–Crippen MR) is 72.4 cm³/mol. The van der Waals surface area contributed by atoms with Crippen molar-refractivity contribution < 1.29 is 18.7 Å². The molecule has 0 aliphatic rings. The van der Waals surface area contributed by atoms with Crippen molar-refractivity contribution in [1.82, 2.24) is 9.78 Å². The first-order valence-corrected chi connectivity index (χ1v) is 6.06. The van der Waals surface area contributed by atoms with Crippen LogP contribution in [0.25, 0.3) is 5.69 Å². The molecule has 1 heterocycles. The van der Waals surface area contributed by atoms with Gasteiger partial charge in [-0.2, -0.15) is 5.10 Å². The number of nitrogen functional groups attached to an aromatic ring is 1. The maximum Gasteiger partial charge on any atom is 0.340 e. The zero-order chi connectivity index (χ0) is 15.6. The Morgan fingerprint density at radius 1 is 1.43 bits per heavy atom. The average molecular weight is 292 g/mol. The minimum atomic E-state index is -0.741. The zero-order valence-corrected chi connectivity index (χ0v) is 11.2. The van der Waals surface area contributed by atoms with Crippen LogP contribution in [0.1, 0.15) is 27.8 Å². The molecule has 0 aliphatic heterocycles. The lowest BCUT2D eigenvalue weighted by molar-refractivity contribution is 0.0527. The van der Waals surface area contributed by atoms with Gasteiger partial charge in [0.1, 0.15) is 11.4 Å². The van der Waals surface area contributed by atoms with E-state index in [9.17, 15) is 14.0 Å². The number of anilines is 1. The monoisotopic (exact) mass is 292 g/mol. The third-order valence-electron chi connectivity index (χ3n) is 2.70. The Balaban J connectivity index is 2.50. The van der Waals surface area contributed by atoms with Crippen LogP contribution in [0.3, 0.4) is 0 Å². The summed E-state index contributed by atoms with van der Waals surface area (Å²) in [6, 6.07) is 3.54. The van der Waals surface area contributed by atoms with Gasteiger partial charge in [-0.3, -0.25) is 4.79 Å². The van der Waals surface area contributed by atoms with Gasteiger partial charge in [0.25, 0.3) is 5.91 Å². The molecular formula is C13H13FN4O3. The van der Waals surface area contributed by atoms with Gasteiger partial charge in [0.05, 0.1) is 12.2 Å². The van der Waals surface area contributed by atoms with Crippen molar-refractivity contribution in [3.63, 3.8) is 0 Å². The molecule has 0 unspecified atom stereocenters. The smallest absolute Gasteiger partial charge is 0.340 e. The molecule has 0 saturated carbocycles. The minimum absolute atomic E-state index is 0.0179. The molecule has 4 N–H and O–H groups in total. The second-order valence-electron chi connectivity index (χ2n) is 4.12. The van der Waals surface area contributed by atoms with Crippen molar-refractivity contribution in [2.45, 2.75) is 6.92 Å². The number of nitrogens with zero attached hydrogens (tertiary/aromatic N) is 2. The third-order valence-corrected chi connectivity index (χ3v) is 2.70. The van der Waals surface area contributed by atoms with Crippen LogP contribution in [-0.2, 0) is 4.74 Å². The number of primary amides is 1. The van der Waals surface area contributed by atoms with E-state index in [1.165, 1.54) is 18.3 Å². The fourth-order valence-electron chi connectivity index (χ4n) is 1.73. The fraction of sp³-hybridized carbons (Fsp3) is 0.154. The van der Waals surface area contributed by atoms with Gasteiger partial charge in [0.15, 0.2) is 5.82 Å². The van der Waals surface area contributed by atoms with Crippen molar-refractivity contribution in [2.75, 3.05) is 12.3 Å². The van der Waals surface area contributed by atoms with Crippen molar-refractivity contribution in [3.8, 4) is 5.69 Å². The lowest BCUT2D eigenvalue weighted by atomic mass is 10.1. The third kappa shape index (κ3) is 2.83. The quantitative estimate of drug-likeness (QED) is 0.641. The standard InChI is InChI=1S/C13H13FN4O3/c1-2-21-13(20)7-5-11(8(14)6-9(7)15)18-4-3-10(17-18)12(16)19/h3-6H,2,15H2,1H3,(H2,16,19). The van der Waals surface area contributed by atoms with E-state index >= 15 is 0 Å². The van der Waals surface area contributed by atoms with Gasteiger partial charge in [0, 0.05) is 11.9 Å². The molecular weight excluding hydrogens is 279 g/mol. The number of benzene rings is 1. The SMILES string of the molecule is CCOC(=O)c1cc(-n2ccc(C(N)=O)n2)c(F)cc1N. The molecule has 21 heavy (non-hydrogen) atoms. The molecule has 0 atom stereocenters. The van der Waals surface area contributed by atoms with Crippen molar-refractivity contribution in [2.24, 2.45) is 5.73 Å². The number of halogens is 1. The van der Waals surface area contributed by atoms with Gasteiger partial charge in [-0.1, -0.05) is 0 Å². The lowest BCUT2D eigenvalue weighted by Crippen LogP contribution is -2.13. The Morgan fingerprint density at radius 3 is 2.71 bits per heavy atom. The first-order valence-electron chi connectivity index (χ1n) is 6.06. The van der Waals surface area contributed by atoms with Crippen LogP contribution in [-0.4, -0.2) is 28.3 Å². The van der Waals surface area contributed by atoms with Gasteiger partial charge in [-0.05, 0) is 25.1 Å². The molecule has 0 saturated heterocycles. The molecule has 0 spiro atoms. The molecule has 2 aromatic rings. The van der Waals surface area contributed by atoms with E-state index in [2.05, 4.69) is 5.10 Å². The van der Waals surface area contributed by atoms with Crippen LogP contribution >= 0.6 is 0 Å². The maximum atomic E-state index is 14.0. The highest BCUT2D eigenvalue weighted by atomic mass is 19.1. The largest absolute Gasteiger partial charge is 0.462 e. The van der Waals surface area contributed by atoms with E-state index in [0.717, 1.165) is 10.7 Å². The van der Waals surface area contributed by atoms with Crippen molar-refractivity contribution >= 4 is 17.6 Å². The van der Waals surface area contributed by atoms with Gasteiger partial charge < -0.3 is 16.2 Å². The summed E-state index contributed by atoms with van der Waals surface area (Å²) in [6.07, 6.45) is 1.35. The summed E-state index contributed by atoms with van der Waals surface area (Å²) in [4.78, 5) is 22.7. The summed E-state index contributed by atoms with van der Waals surface area (Å²) in [5.41, 5.74) is 10.6. The van der Waals surface area contributed by atoms with E-state index in [0.29, 0.717) is 0 Å². The molecule has 0 radical (unpaired) electrons. The predicted octanol–water partition coefficient (Wildman–Crippen LogP) is 0.869. The van der Waals surface area contributed by atoms with Crippen LogP contribution in [0.5, 0.6) is 0 Å². The van der Waals surface area contributed by atoms with Crippen LogP contribution in [0, 0.1) is 5.82 Å². The topological polar surface area (TPSA) is 113 Å². The van der Waals surface area contributed by atoms with Crippen LogP contribution < -0.4 is 11.5 Å². The Bertz CT molecular complexity index is 711. The minimum Gasteiger partial charge on any atom is -0.462 e. The number of carbonyl (C=O) groups is 2. The molecule has 1 amide bonds. The number of esters is 1. The average Bonchev–Trinajstić information content (AvgIpc) is 2.88. The number of hydrogen-bond acceptors (Lipinski definition) is 5. The number of rotatable bonds is 4. The highest BCUT2D eigenvalue weighted by molar-refractivity contribution is 5.96. The van der Waals surface area contributed by atoms with E-state index < -0.39 is 17.7 Å². The number of nitrogens with two attached hydrogens (primary N) is 2. The number of ether oxygens (including phenoxy) is 1. The first-order chi connectivity index (χ1) is 9.93. The Labute approximate surface area is 119 Å². The normalized spacial score (nSPS) is 10.4. The molecule has 2 rings (SSSR count). The molecule has 7 nitrogen and oxygen atoms in total. The molecule has 0 aliphatic carbocycles. The number of carbonyl (C=O) groups excluding carboxylic acids is 2. The van der Waals surface area contributed by atoms with Crippen LogP contribution in [0.15, 0.2) is 24.4 Å². The first kappa shape index (κ1) is 14.5. The molecule has 8 heteroatoms. The van der Waals surface area contributed by atoms with E-state index in [-0.39, 0.29) is 29.2 Å². The van der Waals surface area contributed by atoms with E-state index in [1.807, 2.05) is 0 Å². The highest BCUT2D eigenvalue weighted by Crippen LogP contribution is 2.22. The molecule has 1 aromatic heterocycles. The molecule has 0 fully saturated rings. The van der Waals surface area contributed by atoms with Crippen LogP contribution in [0.2, 0.25) is 0 Å². The second kappa shape index (κ2) is 5.61. The molecule has 110 valence electrons. The fourth-order valence-corrected chi connectivity index (χ4v) is 1.73. The lowest BCUT2D eigenvalue weighted by Gasteiger charge is -2.09. The summed E-state index contributed by atoms with van der Waals surface area (Å²) in [6.45, 7) is 1.81. The van der Waals surface area contributed by atoms with Gasteiger partial charge in [-0.25, -0.2) is 13.9 Å². The van der Waals surface area contributed by atoms with Crippen molar-refractivity contribution in [1.29, 1.82) is 0 Å². The highest BCUT2D eigenvalue weighted by Gasteiger charge is 2.17. The van der Waals surface area contributed by atoms with Crippen molar-refractivity contribution in [3.05, 3.63) is 41.5 Å². The Hall–Kier alpha value is -2.90. The van der Waals surface area contributed by atoms with Gasteiger partial charge in [-0.15, -0.1) is 0 Å². The Morgan fingerprint density at radius 2 is 2.14 bits per heavy atom. The number of aromatic nitrogens is 2. The van der Waals surface area contributed by atoms with E-state index in [4.69, 9.17) is 16.2 Å². The van der Waals surface area contributed by atoms with Gasteiger partial charge >= 0.3 is 5.97 Å². The molecule has 1 aromatic carbocycles. The van der Waals surface area contributed by atoms with Crippen LogP contribution in [0.4, 0.5) is 10.1 Å². The summed E-state index contributed by atoms with van der Waals surface area (Å²) in [7, 11) is 0. The zero-order valence-electron chi connectivity index (χ0n) is 11.2. The molecule has 0 bridgehead atoms. The summed E-state index contributed by atoms with van der Waals surface area (Å²) >= 11 is 0. The van der Waals surface area contributed by atoms with Gasteiger partial charge in [0.2, 0.25) is 0 Å².